The van der Waals surface area contributed by atoms with E-state index in [0.29, 0.717) is 22.1 Å². The number of hydrogen-bond donors (Lipinski definition) is 1. The maximum absolute atomic E-state index is 11.6. The van der Waals surface area contributed by atoms with Crippen LogP contribution in [-0.2, 0) is 10.5 Å². The summed E-state index contributed by atoms with van der Waals surface area (Å²) in [5.74, 6) is 0.631. The molecule has 1 aromatic carbocycles. The summed E-state index contributed by atoms with van der Waals surface area (Å²) in [6, 6.07) is 7.06. The van der Waals surface area contributed by atoms with Crippen molar-refractivity contribution in [1.82, 2.24) is 9.97 Å². The number of carbonyl (C=O) groups is 1. The van der Waals surface area contributed by atoms with Gasteiger partial charge in [-0.25, -0.2) is 9.78 Å². The van der Waals surface area contributed by atoms with Gasteiger partial charge in [0.2, 0.25) is 0 Å². The summed E-state index contributed by atoms with van der Waals surface area (Å²) in [5, 5.41) is 1.39. The Morgan fingerprint density at radius 1 is 1.48 bits per heavy atom. The average molecular weight is 323 g/mol. The molecule has 0 bridgehead atoms. The molecular weight excluding hydrogens is 312 g/mol. The van der Waals surface area contributed by atoms with E-state index in [0.717, 1.165) is 16.2 Å². The van der Waals surface area contributed by atoms with Crippen LogP contribution in [0.4, 0.5) is 0 Å². The Hall–Kier alpha value is -1.92. The van der Waals surface area contributed by atoms with E-state index in [4.69, 9.17) is 20.8 Å². The molecular formula is C14H11ClN2O3S. The second kappa shape index (κ2) is 5.83. The van der Waals surface area contributed by atoms with Gasteiger partial charge < -0.3 is 14.1 Å². The number of fused-ring (bicyclic) bond motifs is 1. The quantitative estimate of drug-likeness (QED) is 0.583. The molecule has 7 heteroatoms. The molecule has 0 fully saturated rings. The molecule has 0 aliphatic rings. The predicted octanol–water partition coefficient (Wildman–Crippen LogP) is 3.89. The molecule has 2 aromatic heterocycles. The number of carbonyl (C=O) groups excluding carboxylic acids is 1. The molecule has 0 aliphatic heterocycles. The highest BCUT2D eigenvalue weighted by Crippen LogP contribution is 2.26. The Morgan fingerprint density at radius 2 is 2.33 bits per heavy atom. The van der Waals surface area contributed by atoms with Gasteiger partial charge in [-0.3, -0.25) is 0 Å². The van der Waals surface area contributed by atoms with Crippen LogP contribution in [0.3, 0.4) is 0 Å². The van der Waals surface area contributed by atoms with Gasteiger partial charge in [0.15, 0.2) is 5.16 Å². The third-order valence-electron chi connectivity index (χ3n) is 2.91. The molecule has 108 valence electrons. The summed E-state index contributed by atoms with van der Waals surface area (Å²) in [4.78, 5) is 19.2. The van der Waals surface area contributed by atoms with Crippen LogP contribution < -0.4 is 0 Å². The van der Waals surface area contributed by atoms with Crippen LogP contribution in [0, 0.1) is 0 Å². The largest absolute Gasteiger partial charge is 0.468 e. The van der Waals surface area contributed by atoms with Crippen molar-refractivity contribution >= 4 is 40.4 Å². The molecule has 0 saturated heterocycles. The van der Waals surface area contributed by atoms with Crippen LogP contribution in [0.1, 0.15) is 16.1 Å². The lowest BCUT2D eigenvalue weighted by Gasteiger charge is -1.99. The standard InChI is InChI=1S/C14H11ClN2O3S/c1-19-13(18)9-4-5-20-12(9)7-21-14-16-10-3-2-8(15)6-11(10)17-14/h2-6H,7H2,1H3,(H,16,17). The van der Waals surface area contributed by atoms with Gasteiger partial charge >= 0.3 is 5.97 Å². The fourth-order valence-corrected chi connectivity index (χ4v) is 2.91. The predicted molar refractivity (Wildman–Crippen MR) is 80.7 cm³/mol. The van der Waals surface area contributed by atoms with Crippen molar-refractivity contribution < 1.29 is 13.9 Å². The lowest BCUT2D eigenvalue weighted by atomic mass is 10.3. The highest BCUT2D eigenvalue weighted by Gasteiger charge is 2.15. The van der Waals surface area contributed by atoms with Crippen LogP contribution in [-0.4, -0.2) is 23.0 Å². The Kier molecular flexibility index (Phi) is 3.90. The Morgan fingerprint density at radius 3 is 3.14 bits per heavy atom. The third kappa shape index (κ3) is 2.91. The van der Waals surface area contributed by atoms with Crippen LogP contribution in [0.25, 0.3) is 11.0 Å². The number of imidazole rings is 1. The van der Waals surface area contributed by atoms with Gasteiger partial charge in [0.05, 0.1) is 30.2 Å². The first-order valence-corrected chi connectivity index (χ1v) is 7.46. The molecule has 2 heterocycles. The fraction of sp³-hybridized carbons (Fsp3) is 0.143. The molecule has 0 amide bonds. The van der Waals surface area contributed by atoms with Gasteiger partial charge in [-0.1, -0.05) is 23.4 Å². The minimum atomic E-state index is -0.407. The van der Waals surface area contributed by atoms with E-state index in [9.17, 15) is 4.79 Å². The number of benzene rings is 1. The van der Waals surface area contributed by atoms with Crippen molar-refractivity contribution in [2.75, 3.05) is 7.11 Å². The summed E-state index contributed by atoms with van der Waals surface area (Å²) in [6.07, 6.45) is 1.47. The molecule has 3 rings (SSSR count). The number of aromatic nitrogens is 2. The van der Waals surface area contributed by atoms with Gasteiger partial charge in [-0.15, -0.1) is 0 Å². The Labute approximate surface area is 129 Å². The summed E-state index contributed by atoms with van der Waals surface area (Å²) in [5.41, 5.74) is 2.15. The normalized spacial score (nSPS) is 11.0. The number of methoxy groups -OCH3 is 1. The first-order valence-electron chi connectivity index (χ1n) is 6.10. The topological polar surface area (TPSA) is 68.1 Å². The number of nitrogens with one attached hydrogen (secondary N) is 1. The molecule has 0 aliphatic carbocycles. The number of thioether (sulfide) groups is 1. The minimum absolute atomic E-state index is 0.407. The monoisotopic (exact) mass is 322 g/mol. The van der Waals surface area contributed by atoms with E-state index in [1.165, 1.54) is 25.1 Å². The van der Waals surface area contributed by atoms with Crippen molar-refractivity contribution in [3.63, 3.8) is 0 Å². The second-order valence-electron chi connectivity index (χ2n) is 4.24. The number of H-pyrrole nitrogens is 1. The zero-order chi connectivity index (χ0) is 14.8. The molecule has 3 aromatic rings. The molecule has 5 nitrogen and oxygen atoms in total. The summed E-state index contributed by atoms with van der Waals surface area (Å²) in [6.45, 7) is 0. The van der Waals surface area contributed by atoms with Gasteiger partial charge in [-0.05, 0) is 24.3 Å². The van der Waals surface area contributed by atoms with E-state index >= 15 is 0 Å². The highest BCUT2D eigenvalue weighted by molar-refractivity contribution is 7.98. The van der Waals surface area contributed by atoms with E-state index < -0.39 is 5.97 Å². The lowest BCUT2D eigenvalue weighted by Crippen LogP contribution is -2.02. The van der Waals surface area contributed by atoms with E-state index in [1.54, 1.807) is 12.1 Å². The SMILES string of the molecule is COC(=O)c1ccoc1CSc1nc2ccc(Cl)cc2[nH]1. The number of halogens is 1. The third-order valence-corrected chi connectivity index (χ3v) is 4.02. The molecule has 0 radical (unpaired) electrons. The second-order valence-corrected chi connectivity index (χ2v) is 5.64. The van der Waals surface area contributed by atoms with Crippen molar-refractivity contribution in [2.24, 2.45) is 0 Å². The smallest absolute Gasteiger partial charge is 0.341 e. The first-order chi connectivity index (χ1) is 10.2. The van der Waals surface area contributed by atoms with Gasteiger partial charge in [0.25, 0.3) is 0 Å². The molecule has 0 spiro atoms. The molecule has 0 unspecified atom stereocenters. The van der Waals surface area contributed by atoms with Crippen LogP contribution in [0.15, 0.2) is 40.1 Å². The summed E-state index contributed by atoms with van der Waals surface area (Å²) >= 11 is 7.38. The Balaban J connectivity index is 1.77. The molecule has 0 saturated carbocycles. The Bertz CT molecular complexity index is 796. The number of esters is 1. The number of furan rings is 1. The number of aromatic amines is 1. The minimum Gasteiger partial charge on any atom is -0.468 e. The van der Waals surface area contributed by atoms with Crippen molar-refractivity contribution in [3.8, 4) is 0 Å². The van der Waals surface area contributed by atoms with Crippen LogP contribution >= 0.6 is 23.4 Å². The van der Waals surface area contributed by atoms with Crippen molar-refractivity contribution in [2.45, 2.75) is 10.9 Å². The van der Waals surface area contributed by atoms with Crippen molar-refractivity contribution in [3.05, 3.63) is 46.9 Å². The number of nitrogens with zero attached hydrogens (tertiary/aromatic N) is 1. The first kappa shape index (κ1) is 14.0. The molecule has 21 heavy (non-hydrogen) atoms. The number of rotatable bonds is 4. The van der Waals surface area contributed by atoms with Crippen LogP contribution in [0.5, 0.6) is 0 Å². The van der Waals surface area contributed by atoms with Crippen molar-refractivity contribution in [1.29, 1.82) is 0 Å². The van der Waals surface area contributed by atoms with E-state index in [-0.39, 0.29) is 0 Å². The lowest BCUT2D eigenvalue weighted by molar-refractivity contribution is 0.0598. The van der Waals surface area contributed by atoms with Gasteiger partial charge in [-0.2, -0.15) is 0 Å². The molecule has 1 N–H and O–H groups in total. The van der Waals surface area contributed by atoms with E-state index in [1.807, 2.05) is 12.1 Å². The van der Waals surface area contributed by atoms with Crippen LogP contribution in [0.2, 0.25) is 5.02 Å². The zero-order valence-corrected chi connectivity index (χ0v) is 12.6. The maximum Gasteiger partial charge on any atom is 0.341 e. The van der Waals surface area contributed by atoms with Gasteiger partial charge in [0, 0.05) is 5.02 Å². The zero-order valence-electron chi connectivity index (χ0n) is 11.1. The summed E-state index contributed by atoms with van der Waals surface area (Å²) < 4.78 is 10.0. The number of ether oxygens (including phenoxy) is 1. The summed E-state index contributed by atoms with van der Waals surface area (Å²) in [7, 11) is 1.34. The average Bonchev–Trinajstić information content (AvgIpc) is 3.09. The fourth-order valence-electron chi connectivity index (χ4n) is 1.90. The van der Waals surface area contributed by atoms with Gasteiger partial charge in [0.1, 0.15) is 11.3 Å². The number of hydrogen-bond acceptors (Lipinski definition) is 5. The van der Waals surface area contributed by atoms with E-state index in [2.05, 4.69) is 9.97 Å². The maximum atomic E-state index is 11.6. The highest BCUT2D eigenvalue weighted by atomic mass is 35.5. The molecule has 0 atom stereocenters.